The zero-order chi connectivity index (χ0) is 16.4. The van der Waals surface area contributed by atoms with Crippen LogP contribution >= 0.6 is 0 Å². The van der Waals surface area contributed by atoms with Crippen molar-refractivity contribution in [1.29, 1.82) is 0 Å². The standard InChI is InChI=1S/C13H23N5O4S/c1-11(13-14-12(2)15-22-13)16-3-5-17(6-4-16)23(19,20)18-7-9-21-10-8-18/h11H,3-10H2,1-2H3/t11-/m1/s1. The smallest absolute Gasteiger partial charge is 0.282 e. The van der Waals surface area contributed by atoms with Crippen LogP contribution < -0.4 is 0 Å². The van der Waals surface area contributed by atoms with Crippen LogP contribution in [-0.4, -0.2) is 84.6 Å². The van der Waals surface area contributed by atoms with Gasteiger partial charge in [0.25, 0.3) is 10.2 Å². The molecule has 0 spiro atoms. The fourth-order valence-corrected chi connectivity index (χ4v) is 4.46. The van der Waals surface area contributed by atoms with Crippen LogP contribution in [0.25, 0.3) is 0 Å². The van der Waals surface area contributed by atoms with Gasteiger partial charge in [0.1, 0.15) is 0 Å². The van der Waals surface area contributed by atoms with Crippen molar-refractivity contribution >= 4 is 10.2 Å². The summed E-state index contributed by atoms with van der Waals surface area (Å²) in [6.45, 7) is 7.80. The largest absolute Gasteiger partial charge is 0.379 e. The molecular weight excluding hydrogens is 322 g/mol. The van der Waals surface area contributed by atoms with Gasteiger partial charge in [-0.25, -0.2) is 0 Å². The van der Waals surface area contributed by atoms with Crippen LogP contribution in [0.5, 0.6) is 0 Å². The first-order valence-electron chi connectivity index (χ1n) is 7.85. The van der Waals surface area contributed by atoms with Gasteiger partial charge >= 0.3 is 0 Å². The van der Waals surface area contributed by atoms with Gasteiger partial charge in [0, 0.05) is 39.3 Å². The Bertz CT molecular complexity index is 620. The summed E-state index contributed by atoms with van der Waals surface area (Å²) < 4.78 is 38.8. The monoisotopic (exact) mass is 345 g/mol. The van der Waals surface area contributed by atoms with Crippen molar-refractivity contribution in [3.05, 3.63) is 11.7 Å². The Labute approximate surface area is 136 Å². The molecule has 0 N–H and O–H groups in total. The molecule has 3 rings (SSSR count). The molecule has 0 aromatic carbocycles. The van der Waals surface area contributed by atoms with E-state index in [2.05, 4.69) is 15.0 Å². The van der Waals surface area contributed by atoms with Crippen molar-refractivity contribution in [1.82, 2.24) is 23.7 Å². The normalized spacial score (nSPS) is 23.9. The second-order valence-electron chi connectivity index (χ2n) is 5.81. The molecule has 23 heavy (non-hydrogen) atoms. The number of piperazine rings is 1. The predicted molar refractivity (Wildman–Crippen MR) is 81.9 cm³/mol. The molecule has 2 fully saturated rings. The molecule has 2 aliphatic rings. The van der Waals surface area contributed by atoms with Gasteiger partial charge in [-0.3, -0.25) is 4.90 Å². The second-order valence-corrected chi connectivity index (χ2v) is 7.74. The fraction of sp³-hybridized carbons (Fsp3) is 0.846. The molecular formula is C13H23N5O4S. The molecule has 0 radical (unpaired) electrons. The Morgan fingerprint density at radius 1 is 1.04 bits per heavy atom. The summed E-state index contributed by atoms with van der Waals surface area (Å²) in [5.74, 6) is 1.19. The summed E-state index contributed by atoms with van der Waals surface area (Å²) in [7, 11) is -3.39. The maximum absolute atomic E-state index is 12.6. The van der Waals surface area contributed by atoms with Crippen LogP contribution in [0.3, 0.4) is 0 Å². The van der Waals surface area contributed by atoms with E-state index in [-0.39, 0.29) is 6.04 Å². The molecule has 0 bridgehead atoms. The maximum atomic E-state index is 12.6. The van der Waals surface area contributed by atoms with Crippen LogP contribution in [0.15, 0.2) is 4.52 Å². The number of aryl methyl sites for hydroxylation is 1. The average molecular weight is 345 g/mol. The van der Waals surface area contributed by atoms with E-state index < -0.39 is 10.2 Å². The summed E-state index contributed by atoms with van der Waals surface area (Å²) in [4.78, 5) is 6.42. The molecule has 0 saturated carbocycles. The van der Waals surface area contributed by atoms with E-state index >= 15 is 0 Å². The van der Waals surface area contributed by atoms with Gasteiger partial charge in [-0.05, 0) is 13.8 Å². The van der Waals surface area contributed by atoms with Crippen molar-refractivity contribution in [3.8, 4) is 0 Å². The minimum atomic E-state index is -3.39. The summed E-state index contributed by atoms with van der Waals surface area (Å²) >= 11 is 0. The van der Waals surface area contributed by atoms with E-state index in [1.54, 1.807) is 11.2 Å². The van der Waals surface area contributed by atoms with Crippen LogP contribution in [0.4, 0.5) is 0 Å². The van der Waals surface area contributed by atoms with Gasteiger partial charge in [-0.1, -0.05) is 5.16 Å². The third-order valence-electron chi connectivity index (χ3n) is 4.34. The number of hydrogen-bond acceptors (Lipinski definition) is 7. The van der Waals surface area contributed by atoms with Gasteiger partial charge < -0.3 is 9.26 Å². The molecule has 9 nitrogen and oxygen atoms in total. The lowest BCUT2D eigenvalue weighted by Crippen LogP contribution is -2.55. The summed E-state index contributed by atoms with van der Waals surface area (Å²) in [5.41, 5.74) is 0. The van der Waals surface area contributed by atoms with Crippen LogP contribution in [0.1, 0.15) is 24.7 Å². The quantitative estimate of drug-likeness (QED) is 0.735. The third kappa shape index (κ3) is 3.56. The molecule has 1 aromatic rings. The molecule has 2 saturated heterocycles. The number of hydrogen-bond donors (Lipinski definition) is 0. The Balaban J connectivity index is 1.59. The molecule has 10 heteroatoms. The number of nitrogens with zero attached hydrogens (tertiary/aromatic N) is 5. The highest BCUT2D eigenvalue weighted by Gasteiger charge is 2.34. The Morgan fingerprint density at radius 3 is 2.22 bits per heavy atom. The van der Waals surface area contributed by atoms with E-state index in [1.165, 1.54) is 4.31 Å². The third-order valence-corrected chi connectivity index (χ3v) is 6.38. The zero-order valence-electron chi connectivity index (χ0n) is 13.5. The van der Waals surface area contributed by atoms with Gasteiger partial charge in [-0.2, -0.15) is 22.0 Å². The summed E-state index contributed by atoms with van der Waals surface area (Å²) in [6, 6.07) is -0.00978. The Hall–Kier alpha value is -1.07. The minimum Gasteiger partial charge on any atom is -0.379 e. The first-order chi connectivity index (χ1) is 11.0. The molecule has 0 unspecified atom stereocenters. The van der Waals surface area contributed by atoms with E-state index in [9.17, 15) is 8.42 Å². The number of rotatable bonds is 4. The van der Waals surface area contributed by atoms with Crippen LogP contribution in [-0.2, 0) is 14.9 Å². The molecule has 0 amide bonds. The summed E-state index contributed by atoms with van der Waals surface area (Å²) in [5, 5.41) is 3.81. The lowest BCUT2D eigenvalue weighted by atomic mass is 10.2. The highest BCUT2D eigenvalue weighted by Crippen LogP contribution is 2.22. The Kier molecular flexibility index (Phi) is 4.97. The maximum Gasteiger partial charge on any atom is 0.282 e. The first kappa shape index (κ1) is 16.8. The van der Waals surface area contributed by atoms with Crippen molar-refractivity contribution in [2.45, 2.75) is 19.9 Å². The summed E-state index contributed by atoms with van der Waals surface area (Å²) in [6.07, 6.45) is 0. The average Bonchev–Trinajstić information content (AvgIpc) is 3.01. The number of aromatic nitrogens is 2. The Morgan fingerprint density at radius 2 is 1.65 bits per heavy atom. The lowest BCUT2D eigenvalue weighted by Gasteiger charge is -2.38. The molecule has 1 atom stereocenters. The van der Waals surface area contributed by atoms with Gasteiger partial charge in [0.05, 0.1) is 19.3 Å². The molecule has 3 heterocycles. The highest BCUT2D eigenvalue weighted by atomic mass is 32.2. The van der Waals surface area contributed by atoms with Gasteiger partial charge in [0.2, 0.25) is 5.89 Å². The van der Waals surface area contributed by atoms with Crippen LogP contribution in [0, 0.1) is 6.92 Å². The van der Waals surface area contributed by atoms with E-state index in [0.29, 0.717) is 64.2 Å². The molecule has 0 aliphatic carbocycles. The SMILES string of the molecule is Cc1noc([C@@H](C)N2CCN(S(=O)(=O)N3CCOCC3)CC2)n1. The highest BCUT2D eigenvalue weighted by molar-refractivity contribution is 7.86. The topological polar surface area (TPSA) is 92.0 Å². The van der Waals surface area contributed by atoms with Crippen molar-refractivity contribution in [2.75, 3.05) is 52.5 Å². The zero-order valence-corrected chi connectivity index (χ0v) is 14.3. The molecule has 130 valence electrons. The fourth-order valence-electron chi connectivity index (χ4n) is 2.90. The van der Waals surface area contributed by atoms with E-state index in [4.69, 9.17) is 9.26 Å². The molecule has 1 aromatic heterocycles. The van der Waals surface area contributed by atoms with Gasteiger partial charge in [-0.15, -0.1) is 0 Å². The van der Waals surface area contributed by atoms with Crippen molar-refractivity contribution in [3.63, 3.8) is 0 Å². The van der Waals surface area contributed by atoms with Crippen molar-refractivity contribution in [2.24, 2.45) is 0 Å². The van der Waals surface area contributed by atoms with E-state index in [0.717, 1.165) is 0 Å². The predicted octanol–water partition coefficient (Wildman–Crippen LogP) is -0.366. The van der Waals surface area contributed by atoms with Crippen LogP contribution in [0.2, 0.25) is 0 Å². The molecule has 2 aliphatic heterocycles. The number of morpholine rings is 1. The second kappa shape index (κ2) is 6.81. The first-order valence-corrected chi connectivity index (χ1v) is 9.25. The van der Waals surface area contributed by atoms with E-state index in [1.807, 2.05) is 6.92 Å². The van der Waals surface area contributed by atoms with Crippen molar-refractivity contribution < 1.29 is 17.7 Å². The van der Waals surface area contributed by atoms with Gasteiger partial charge in [0.15, 0.2) is 5.82 Å². The minimum absolute atomic E-state index is 0.00978. The number of ether oxygens (including phenoxy) is 1. The lowest BCUT2D eigenvalue weighted by molar-refractivity contribution is 0.0668.